The van der Waals surface area contributed by atoms with E-state index in [9.17, 15) is 14.4 Å². The number of nitrogens with two attached hydrogens (primary N) is 1. The Morgan fingerprint density at radius 1 is 1.35 bits per heavy atom. The summed E-state index contributed by atoms with van der Waals surface area (Å²) >= 11 is 0. The first kappa shape index (κ1) is 16.2. The minimum atomic E-state index is -1.31. The number of urea groups is 1. The van der Waals surface area contributed by atoms with Gasteiger partial charge in [0.1, 0.15) is 6.04 Å². The van der Waals surface area contributed by atoms with Crippen LogP contribution in [0.4, 0.5) is 4.79 Å². The van der Waals surface area contributed by atoms with Gasteiger partial charge >= 0.3 is 12.0 Å². The number of hydrogen-bond acceptors (Lipinski definition) is 4. The van der Waals surface area contributed by atoms with Gasteiger partial charge in [-0.25, -0.2) is 9.59 Å². The summed E-state index contributed by atoms with van der Waals surface area (Å²) in [5, 5.41) is 13.5. The van der Waals surface area contributed by atoms with Crippen LogP contribution in [-0.2, 0) is 14.3 Å². The highest BCUT2D eigenvalue weighted by Crippen LogP contribution is 2.28. The number of rotatable bonds is 10. The third-order valence-corrected chi connectivity index (χ3v) is 2.81. The number of nitrogens with one attached hydrogen (secondary N) is 2. The molecule has 114 valence electrons. The van der Waals surface area contributed by atoms with Crippen molar-refractivity contribution in [2.24, 2.45) is 11.7 Å². The maximum absolute atomic E-state index is 11.4. The number of primary amides is 1. The zero-order chi connectivity index (χ0) is 15.0. The average molecular weight is 287 g/mol. The summed E-state index contributed by atoms with van der Waals surface area (Å²) in [6, 6.07) is -1.94. The topological polar surface area (TPSA) is 131 Å². The van der Waals surface area contributed by atoms with Crippen LogP contribution in [-0.4, -0.2) is 48.8 Å². The van der Waals surface area contributed by atoms with Gasteiger partial charge in [0.15, 0.2) is 0 Å². The Hall–Kier alpha value is -1.83. The molecule has 1 aliphatic rings. The first-order chi connectivity index (χ1) is 9.49. The van der Waals surface area contributed by atoms with Gasteiger partial charge in [0.2, 0.25) is 5.91 Å². The molecular weight excluding hydrogens is 266 g/mol. The van der Waals surface area contributed by atoms with Crippen LogP contribution in [0.5, 0.6) is 0 Å². The molecule has 0 aromatic carbocycles. The lowest BCUT2D eigenvalue weighted by Crippen LogP contribution is -2.47. The van der Waals surface area contributed by atoms with E-state index in [0.717, 1.165) is 6.61 Å². The van der Waals surface area contributed by atoms with E-state index in [4.69, 9.17) is 15.6 Å². The fourth-order valence-electron chi connectivity index (χ4n) is 1.52. The van der Waals surface area contributed by atoms with E-state index in [1.54, 1.807) is 0 Å². The van der Waals surface area contributed by atoms with Crippen molar-refractivity contribution in [1.82, 2.24) is 10.6 Å². The molecule has 0 saturated heterocycles. The number of carboxylic acid groups (broad SMARTS) is 1. The molecule has 3 amide bonds. The van der Waals surface area contributed by atoms with Crippen LogP contribution in [0, 0.1) is 5.92 Å². The molecule has 0 heterocycles. The highest BCUT2D eigenvalue weighted by Gasteiger charge is 2.22. The normalized spacial score (nSPS) is 15.4. The lowest BCUT2D eigenvalue weighted by Gasteiger charge is -2.13. The second-order valence-corrected chi connectivity index (χ2v) is 4.83. The van der Waals surface area contributed by atoms with Crippen LogP contribution in [0.25, 0.3) is 0 Å². The van der Waals surface area contributed by atoms with Crippen LogP contribution in [0.15, 0.2) is 0 Å². The van der Waals surface area contributed by atoms with Crippen LogP contribution >= 0.6 is 0 Å². The zero-order valence-electron chi connectivity index (χ0n) is 11.3. The summed E-state index contributed by atoms with van der Waals surface area (Å²) in [5.41, 5.74) is 4.90. The number of hydrogen-bond donors (Lipinski definition) is 4. The quantitative estimate of drug-likeness (QED) is 0.400. The Bertz CT molecular complexity index is 357. The first-order valence-corrected chi connectivity index (χ1v) is 6.62. The molecule has 0 radical (unpaired) electrons. The van der Waals surface area contributed by atoms with Gasteiger partial charge in [-0.3, -0.25) is 4.79 Å². The lowest BCUT2D eigenvalue weighted by molar-refractivity contribution is -0.140. The van der Waals surface area contributed by atoms with Crippen molar-refractivity contribution >= 4 is 17.9 Å². The van der Waals surface area contributed by atoms with E-state index in [-0.39, 0.29) is 0 Å². The van der Waals surface area contributed by atoms with Crippen molar-refractivity contribution in [2.75, 3.05) is 19.8 Å². The summed E-state index contributed by atoms with van der Waals surface area (Å²) in [6.07, 6.45) is 2.68. The van der Waals surface area contributed by atoms with Crippen LogP contribution in [0.1, 0.15) is 25.7 Å². The summed E-state index contributed by atoms with van der Waals surface area (Å²) in [7, 11) is 0. The zero-order valence-corrected chi connectivity index (χ0v) is 11.3. The van der Waals surface area contributed by atoms with Crippen molar-refractivity contribution in [1.29, 1.82) is 0 Å². The first-order valence-electron chi connectivity index (χ1n) is 6.62. The monoisotopic (exact) mass is 287 g/mol. The smallest absolute Gasteiger partial charge is 0.326 e. The van der Waals surface area contributed by atoms with Gasteiger partial charge in [-0.1, -0.05) is 0 Å². The number of ether oxygens (including phenoxy) is 1. The third-order valence-electron chi connectivity index (χ3n) is 2.81. The fourth-order valence-corrected chi connectivity index (χ4v) is 1.52. The molecule has 1 atom stereocenters. The summed E-state index contributed by atoms with van der Waals surface area (Å²) in [4.78, 5) is 32.9. The number of carboxylic acids is 1. The third kappa shape index (κ3) is 7.57. The van der Waals surface area contributed by atoms with E-state index in [2.05, 4.69) is 10.6 Å². The van der Waals surface area contributed by atoms with Gasteiger partial charge in [0.05, 0.1) is 6.42 Å². The Balaban J connectivity index is 2.07. The van der Waals surface area contributed by atoms with E-state index < -0.39 is 30.4 Å². The molecule has 1 saturated carbocycles. The molecule has 1 fully saturated rings. The Morgan fingerprint density at radius 3 is 2.60 bits per heavy atom. The molecule has 5 N–H and O–H groups in total. The molecule has 1 rings (SSSR count). The molecule has 1 aliphatic carbocycles. The van der Waals surface area contributed by atoms with Gasteiger partial charge < -0.3 is 26.2 Å². The second-order valence-electron chi connectivity index (χ2n) is 4.83. The van der Waals surface area contributed by atoms with E-state index in [1.165, 1.54) is 12.8 Å². The number of aliphatic carboxylic acids is 1. The maximum Gasteiger partial charge on any atom is 0.326 e. The molecule has 0 spiro atoms. The molecule has 0 aromatic heterocycles. The molecule has 20 heavy (non-hydrogen) atoms. The standard InChI is InChI=1S/C12H21N3O5/c13-10(16)6-9(11(17)18)15-12(19)14-4-1-5-20-7-8-2-3-8/h8-9H,1-7H2,(H2,13,16)(H,17,18)(H2,14,15,19)/t9-/m1/s1. The fraction of sp³-hybridized carbons (Fsp3) is 0.750. The Kier molecular flexibility index (Phi) is 6.78. The van der Waals surface area contributed by atoms with Crippen LogP contribution < -0.4 is 16.4 Å². The summed E-state index contributed by atoms with van der Waals surface area (Å²) in [5.74, 6) is -1.38. The van der Waals surface area contributed by atoms with Crippen molar-refractivity contribution < 1.29 is 24.2 Å². The predicted octanol–water partition coefficient (Wildman–Crippen LogP) is -0.569. The van der Waals surface area contributed by atoms with Crippen molar-refractivity contribution in [3.8, 4) is 0 Å². The Labute approximate surface area is 117 Å². The van der Waals surface area contributed by atoms with Gasteiger partial charge in [-0.2, -0.15) is 0 Å². The number of carbonyl (C=O) groups is 3. The van der Waals surface area contributed by atoms with Crippen LogP contribution in [0.2, 0.25) is 0 Å². The van der Waals surface area contributed by atoms with E-state index in [1.807, 2.05) is 0 Å². The van der Waals surface area contributed by atoms with Crippen molar-refractivity contribution in [2.45, 2.75) is 31.7 Å². The van der Waals surface area contributed by atoms with Gasteiger partial charge in [0.25, 0.3) is 0 Å². The SMILES string of the molecule is NC(=O)C[C@@H](NC(=O)NCCCOCC1CC1)C(=O)O. The lowest BCUT2D eigenvalue weighted by atomic mass is 10.2. The highest BCUT2D eigenvalue weighted by molar-refractivity contribution is 5.87. The van der Waals surface area contributed by atoms with Gasteiger partial charge in [0, 0.05) is 19.8 Å². The summed E-state index contributed by atoms with van der Waals surface area (Å²) in [6.45, 7) is 1.70. The minimum absolute atomic E-state index is 0.374. The van der Waals surface area contributed by atoms with E-state index >= 15 is 0 Å². The molecule has 0 bridgehead atoms. The summed E-state index contributed by atoms with van der Waals surface area (Å²) < 4.78 is 5.38. The average Bonchev–Trinajstić information content (AvgIpc) is 3.16. The second kappa shape index (κ2) is 8.36. The molecule has 0 aromatic rings. The maximum atomic E-state index is 11.4. The molecule has 8 nitrogen and oxygen atoms in total. The van der Waals surface area contributed by atoms with Gasteiger partial charge in [-0.15, -0.1) is 0 Å². The molecule has 0 aliphatic heterocycles. The highest BCUT2D eigenvalue weighted by atomic mass is 16.5. The Morgan fingerprint density at radius 2 is 2.05 bits per heavy atom. The predicted molar refractivity (Wildman–Crippen MR) is 69.9 cm³/mol. The molecular formula is C12H21N3O5. The number of carbonyl (C=O) groups excluding carboxylic acids is 2. The van der Waals surface area contributed by atoms with Gasteiger partial charge in [-0.05, 0) is 25.2 Å². The molecule has 0 unspecified atom stereocenters. The van der Waals surface area contributed by atoms with Crippen LogP contribution in [0.3, 0.4) is 0 Å². The van der Waals surface area contributed by atoms with E-state index in [0.29, 0.717) is 25.5 Å². The largest absolute Gasteiger partial charge is 0.480 e. The molecule has 8 heteroatoms. The number of amides is 3. The minimum Gasteiger partial charge on any atom is -0.480 e. The van der Waals surface area contributed by atoms with Crippen molar-refractivity contribution in [3.05, 3.63) is 0 Å². The van der Waals surface area contributed by atoms with Crippen molar-refractivity contribution in [3.63, 3.8) is 0 Å².